The Labute approximate surface area is 62.6 Å². The van der Waals surface area contributed by atoms with E-state index in [0.717, 1.165) is 13.0 Å². The van der Waals surface area contributed by atoms with Crippen LogP contribution in [-0.2, 0) is 0 Å². The molecule has 0 aliphatic carbocycles. The summed E-state index contributed by atoms with van der Waals surface area (Å²) in [5.74, 6) is 0. The lowest BCUT2D eigenvalue weighted by atomic mass is 10.2. The van der Waals surface area contributed by atoms with Crippen LogP contribution in [0.25, 0.3) is 0 Å². The molecule has 0 rings (SSSR count). The maximum atomic E-state index is 8.55. The molecule has 0 amide bonds. The number of nitrogens with two attached hydrogens (primary N) is 1. The summed E-state index contributed by atoms with van der Waals surface area (Å²) in [7, 11) is 0. The van der Waals surface area contributed by atoms with Gasteiger partial charge in [0.2, 0.25) is 0 Å². The van der Waals surface area contributed by atoms with Gasteiger partial charge >= 0.3 is 0 Å². The maximum absolute atomic E-state index is 8.55. The predicted molar refractivity (Wildman–Crippen MR) is 42.8 cm³/mol. The van der Waals surface area contributed by atoms with Crippen molar-refractivity contribution >= 4 is 0 Å². The van der Waals surface area contributed by atoms with Gasteiger partial charge in [0, 0.05) is 12.1 Å². The molecule has 3 heteroatoms. The third-order valence-electron chi connectivity index (χ3n) is 1.30. The molecule has 10 heavy (non-hydrogen) atoms. The Bertz CT molecular complexity index is 76.0. The molecule has 0 aliphatic rings. The molecular formula is C7H18N2O. The van der Waals surface area contributed by atoms with Gasteiger partial charge in [0.1, 0.15) is 0 Å². The summed E-state index contributed by atoms with van der Waals surface area (Å²) >= 11 is 0. The molecule has 0 bridgehead atoms. The van der Waals surface area contributed by atoms with Gasteiger partial charge in [0.25, 0.3) is 0 Å². The Balaban J connectivity index is 3.03. The third-order valence-corrected chi connectivity index (χ3v) is 1.30. The average Bonchev–Trinajstić information content (AvgIpc) is 1.87. The maximum Gasteiger partial charge on any atom is 0.0583 e. The molecule has 0 saturated heterocycles. The first-order valence-corrected chi connectivity index (χ1v) is 3.76. The van der Waals surface area contributed by atoms with Crippen molar-refractivity contribution in [3.8, 4) is 0 Å². The van der Waals surface area contributed by atoms with Crippen molar-refractivity contribution in [2.45, 2.75) is 32.4 Å². The van der Waals surface area contributed by atoms with Crippen molar-refractivity contribution < 1.29 is 5.11 Å². The molecule has 1 atom stereocenters. The molecule has 0 spiro atoms. The van der Waals surface area contributed by atoms with Gasteiger partial charge in [-0.25, -0.2) is 0 Å². The Morgan fingerprint density at radius 1 is 1.50 bits per heavy atom. The van der Waals surface area contributed by atoms with Crippen LogP contribution in [0.15, 0.2) is 0 Å². The normalized spacial score (nSPS) is 14.1. The monoisotopic (exact) mass is 146 g/mol. The van der Waals surface area contributed by atoms with E-state index in [1.165, 1.54) is 0 Å². The summed E-state index contributed by atoms with van der Waals surface area (Å²) in [6.07, 6.45) is 0.842. The second-order valence-corrected chi connectivity index (χ2v) is 2.84. The summed E-state index contributed by atoms with van der Waals surface area (Å²) in [4.78, 5) is 0. The Morgan fingerprint density at radius 2 is 2.10 bits per heavy atom. The fourth-order valence-electron chi connectivity index (χ4n) is 0.649. The summed E-state index contributed by atoms with van der Waals surface area (Å²) in [6, 6.07) is 0.442. The van der Waals surface area contributed by atoms with Gasteiger partial charge < -0.3 is 16.2 Å². The van der Waals surface area contributed by atoms with E-state index in [1.807, 2.05) is 0 Å². The molecule has 0 aromatic carbocycles. The van der Waals surface area contributed by atoms with E-state index < -0.39 is 0 Å². The minimum atomic E-state index is -0.0637. The molecule has 3 nitrogen and oxygen atoms in total. The van der Waals surface area contributed by atoms with Crippen molar-refractivity contribution in [2.75, 3.05) is 13.2 Å². The van der Waals surface area contributed by atoms with Gasteiger partial charge in [-0.2, -0.15) is 0 Å². The van der Waals surface area contributed by atoms with Crippen LogP contribution in [0.3, 0.4) is 0 Å². The minimum Gasteiger partial charge on any atom is -0.395 e. The number of nitrogens with one attached hydrogen (secondary N) is 1. The molecule has 0 aromatic rings. The van der Waals surface area contributed by atoms with Gasteiger partial charge in [-0.1, -0.05) is 13.8 Å². The zero-order valence-electron chi connectivity index (χ0n) is 6.80. The average molecular weight is 146 g/mol. The highest BCUT2D eigenvalue weighted by molar-refractivity contribution is 4.61. The number of aliphatic hydroxyl groups is 1. The molecule has 1 unspecified atom stereocenters. The van der Waals surface area contributed by atoms with Gasteiger partial charge in [-0.05, 0) is 13.0 Å². The lowest BCUT2D eigenvalue weighted by Crippen LogP contribution is -2.32. The van der Waals surface area contributed by atoms with Crippen molar-refractivity contribution in [2.24, 2.45) is 5.73 Å². The highest BCUT2D eigenvalue weighted by Gasteiger charge is 1.99. The molecule has 0 aromatic heterocycles. The lowest BCUT2D eigenvalue weighted by Gasteiger charge is -2.10. The second-order valence-electron chi connectivity index (χ2n) is 2.84. The fraction of sp³-hybridized carbons (Fsp3) is 1.00. The summed E-state index contributed by atoms with van der Waals surface area (Å²) in [5, 5.41) is 11.8. The molecular weight excluding hydrogens is 128 g/mol. The first-order chi connectivity index (χ1) is 4.66. The van der Waals surface area contributed by atoms with E-state index in [1.54, 1.807) is 0 Å². The van der Waals surface area contributed by atoms with Crippen LogP contribution < -0.4 is 11.1 Å². The van der Waals surface area contributed by atoms with Gasteiger partial charge in [-0.15, -0.1) is 0 Å². The number of aliphatic hydroxyl groups excluding tert-OH is 1. The van der Waals surface area contributed by atoms with Crippen LogP contribution in [-0.4, -0.2) is 30.3 Å². The van der Waals surface area contributed by atoms with E-state index >= 15 is 0 Å². The lowest BCUT2D eigenvalue weighted by molar-refractivity contribution is 0.258. The van der Waals surface area contributed by atoms with E-state index in [-0.39, 0.29) is 12.6 Å². The van der Waals surface area contributed by atoms with E-state index in [9.17, 15) is 0 Å². The third kappa shape index (κ3) is 6.01. The summed E-state index contributed by atoms with van der Waals surface area (Å²) < 4.78 is 0. The summed E-state index contributed by atoms with van der Waals surface area (Å²) in [6.45, 7) is 5.15. The standard InChI is InChI=1S/C7H18N2O/c1-6(2)9-4-3-7(8)5-10/h6-7,9-10H,3-5,8H2,1-2H3. The Kier molecular flexibility index (Phi) is 5.58. The Morgan fingerprint density at radius 3 is 2.50 bits per heavy atom. The molecule has 0 aliphatic heterocycles. The van der Waals surface area contributed by atoms with Gasteiger partial charge in [0.05, 0.1) is 6.61 Å². The van der Waals surface area contributed by atoms with Crippen LogP contribution in [0.2, 0.25) is 0 Å². The molecule has 4 N–H and O–H groups in total. The summed E-state index contributed by atoms with van der Waals surface area (Å²) in [5.41, 5.74) is 5.47. The van der Waals surface area contributed by atoms with Crippen LogP contribution >= 0.6 is 0 Å². The minimum absolute atomic E-state index is 0.0637. The topological polar surface area (TPSA) is 58.3 Å². The van der Waals surface area contributed by atoms with Crippen LogP contribution in [0.4, 0.5) is 0 Å². The zero-order chi connectivity index (χ0) is 7.98. The van der Waals surface area contributed by atoms with Crippen molar-refractivity contribution in [1.82, 2.24) is 5.32 Å². The van der Waals surface area contributed by atoms with Gasteiger partial charge in [-0.3, -0.25) is 0 Å². The van der Waals surface area contributed by atoms with Crippen LogP contribution in [0.5, 0.6) is 0 Å². The first-order valence-electron chi connectivity index (χ1n) is 3.76. The molecule has 0 saturated carbocycles. The number of hydrogen-bond donors (Lipinski definition) is 3. The quantitative estimate of drug-likeness (QED) is 0.499. The second kappa shape index (κ2) is 5.65. The number of rotatable bonds is 5. The van der Waals surface area contributed by atoms with Gasteiger partial charge in [0.15, 0.2) is 0 Å². The smallest absolute Gasteiger partial charge is 0.0583 e. The van der Waals surface area contributed by atoms with E-state index in [0.29, 0.717) is 6.04 Å². The van der Waals surface area contributed by atoms with Crippen molar-refractivity contribution in [3.63, 3.8) is 0 Å². The van der Waals surface area contributed by atoms with Crippen molar-refractivity contribution in [1.29, 1.82) is 0 Å². The number of hydrogen-bond acceptors (Lipinski definition) is 3. The Hall–Kier alpha value is -0.120. The van der Waals surface area contributed by atoms with Crippen LogP contribution in [0.1, 0.15) is 20.3 Å². The molecule has 0 radical (unpaired) electrons. The molecule has 62 valence electrons. The fourth-order valence-corrected chi connectivity index (χ4v) is 0.649. The predicted octanol–water partition coefficient (Wildman–Crippen LogP) is -0.306. The zero-order valence-corrected chi connectivity index (χ0v) is 6.80. The van der Waals surface area contributed by atoms with Crippen molar-refractivity contribution in [3.05, 3.63) is 0 Å². The van der Waals surface area contributed by atoms with E-state index in [4.69, 9.17) is 10.8 Å². The highest BCUT2D eigenvalue weighted by atomic mass is 16.3. The van der Waals surface area contributed by atoms with E-state index in [2.05, 4.69) is 19.2 Å². The molecule has 0 fully saturated rings. The largest absolute Gasteiger partial charge is 0.395 e. The first kappa shape index (κ1) is 9.88. The van der Waals surface area contributed by atoms with Crippen LogP contribution in [0, 0.1) is 0 Å². The SMILES string of the molecule is CC(C)NCCC(N)CO. The highest BCUT2D eigenvalue weighted by Crippen LogP contribution is 1.85. The molecule has 0 heterocycles.